The Morgan fingerprint density at radius 1 is 1.17 bits per heavy atom. The number of H-pyrrole nitrogens is 1. The average Bonchev–Trinajstić information content (AvgIpc) is 2.42. The van der Waals surface area contributed by atoms with E-state index in [9.17, 15) is 27.2 Å². The van der Waals surface area contributed by atoms with Gasteiger partial charge in [0, 0.05) is 12.2 Å². The van der Waals surface area contributed by atoms with Crippen LogP contribution in [0.1, 0.15) is 32.7 Å². The van der Waals surface area contributed by atoms with Crippen LogP contribution in [0.3, 0.4) is 0 Å². The minimum atomic E-state index is -4.69. The van der Waals surface area contributed by atoms with Gasteiger partial charge in [-0.25, -0.2) is 4.39 Å². The zero-order valence-electron chi connectivity index (χ0n) is 12.8. The summed E-state index contributed by atoms with van der Waals surface area (Å²) >= 11 is 0. The highest BCUT2D eigenvalue weighted by Gasteiger charge is 2.31. The van der Waals surface area contributed by atoms with Crippen molar-refractivity contribution in [2.75, 3.05) is 0 Å². The lowest BCUT2D eigenvalue weighted by Crippen LogP contribution is -2.30. The average molecular weight is 342 g/mol. The van der Waals surface area contributed by atoms with Crippen molar-refractivity contribution in [1.29, 1.82) is 0 Å². The third-order valence-corrected chi connectivity index (χ3v) is 3.33. The molecule has 8 heteroatoms. The van der Waals surface area contributed by atoms with Crippen LogP contribution in [-0.4, -0.2) is 10.9 Å². The molecule has 1 amide bonds. The van der Waals surface area contributed by atoms with Crippen LogP contribution in [0.15, 0.2) is 29.1 Å². The third kappa shape index (κ3) is 4.01. The number of pyridine rings is 1. The van der Waals surface area contributed by atoms with Crippen LogP contribution in [0, 0.1) is 19.7 Å². The molecular weight excluding hydrogens is 328 g/mol. The van der Waals surface area contributed by atoms with Crippen LogP contribution in [0.2, 0.25) is 0 Å². The van der Waals surface area contributed by atoms with Crippen molar-refractivity contribution in [3.63, 3.8) is 0 Å². The summed E-state index contributed by atoms with van der Waals surface area (Å²) in [5.74, 6) is -1.80. The highest BCUT2D eigenvalue weighted by Crippen LogP contribution is 2.30. The fourth-order valence-corrected chi connectivity index (χ4v) is 2.32. The van der Waals surface area contributed by atoms with E-state index < -0.39 is 29.0 Å². The molecule has 0 unspecified atom stereocenters. The summed E-state index contributed by atoms with van der Waals surface area (Å²) in [6, 6.07) is 3.61. The standard InChI is InChI=1S/C16H14F4N2O2/c1-8-3-9(2)22-15(24)13(8)14(23)21-7-10-4-11(16(18,19)20)6-12(17)5-10/h3-6H,7H2,1-2H3,(H,21,23)(H,22,24). The van der Waals surface area contributed by atoms with Gasteiger partial charge in [0.1, 0.15) is 11.4 Å². The number of aryl methyl sites for hydroxylation is 2. The molecule has 0 aliphatic carbocycles. The zero-order valence-corrected chi connectivity index (χ0v) is 12.8. The molecule has 2 aromatic rings. The lowest BCUT2D eigenvalue weighted by molar-refractivity contribution is -0.137. The molecule has 0 saturated heterocycles. The van der Waals surface area contributed by atoms with Gasteiger partial charge < -0.3 is 10.3 Å². The summed E-state index contributed by atoms with van der Waals surface area (Å²) in [5.41, 5.74) is -0.917. The summed E-state index contributed by atoms with van der Waals surface area (Å²) in [6.45, 7) is 2.88. The number of halogens is 4. The molecule has 24 heavy (non-hydrogen) atoms. The number of benzene rings is 1. The second kappa shape index (κ2) is 6.46. The van der Waals surface area contributed by atoms with Gasteiger partial charge in [0.25, 0.3) is 11.5 Å². The first-order valence-electron chi connectivity index (χ1n) is 6.93. The molecule has 0 fully saturated rings. The minimum Gasteiger partial charge on any atom is -0.348 e. The summed E-state index contributed by atoms with van der Waals surface area (Å²) in [7, 11) is 0. The molecule has 2 N–H and O–H groups in total. The Labute approximate surface area is 134 Å². The molecule has 0 atom stereocenters. The monoisotopic (exact) mass is 342 g/mol. The molecule has 0 radical (unpaired) electrons. The smallest absolute Gasteiger partial charge is 0.348 e. The lowest BCUT2D eigenvalue weighted by atomic mass is 10.1. The Kier molecular flexibility index (Phi) is 4.77. The highest BCUT2D eigenvalue weighted by molar-refractivity contribution is 5.95. The quantitative estimate of drug-likeness (QED) is 0.842. The number of amides is 1. The van der Waals surface area contributed by atoms with E-state index in [0.29, 0.717) is 17.3 Å². The van der Waals surface area contributed by atoms with Crippen LogP contribution in [0.4, 0.5) is 17.6 Å². The van der Waals surface area contributed by atoms with E-state index in [2.05, 4.69) is 10.3 Å². The van der Waals surface area contributed by atoms with Crippen LogP contribution in [0.25, 0.3) is 0 Å². The molecular formula is C16H14F4N2O2. The van der Waals surface area contributed by atoms with Gasteiger partial charge in [0.2, 0.25) is 0 Å². The first-order chi connectivity index (χ1) is 11.1. The van der Waals surface area contributed by atoms with E-state index in [0.717, 1.165) is 12.1 Å². The third-order valence-electron chi connectivity index (χ3n) is 3.33. The molecule has 128 valence electrons. The second-order valence-electron chi connectivity index (χ2n) is 5.37. The van der Waals surface area contributed by atoms with Gasteiger partial charge in [0.15, 0.2) is 0 Å². The summed E-state index contributed by atoms with van der Waals surface area (Å²) in [6.07, 6.45) is -4.69. The minimum absolute atomic E-state index is 0.0585. The molecule has 1 aromatic carbocycles. The van der Waals surface area contributed by atoms with Crippen molar-refractivity contribution < 1.29 is 22.4 Å². The van der Waals surface area contributed by atoms with E-state index >= 15 is 0 Å². The van der Waals surface area contributed by atoms with Gasteiger partial charge in [-0.3, -0.25) is 9.59 Å². The first-order valence-corrected chi connectivity index (χ1v) is 6.93. The number of hydrogen-bond donors (Lipinski definition) is 2. The SMILES string of the molecule is Cc1cc(C)c(C(=O)NCc2cc(F)cc(C(F)(F)F)c2)c(=O)[nH]1. The number of hydrogen-bond acceptors (Lipinski definition) is 2. The van der Waals surface area contributed by atoms with Gasteiger partial charge in [-0.2, -0.15) is 13.2 Å². The second-order valence-corrected chi connectivity index (χ2v) is 5.37. The van der Waals surface area contributed by atoms with Gasteiger partial charge in [-0.1, -0.05) is 0 Å². The maximum absolute atomic E-state index is 13.3. The number of carbonyl (C=O) groups is 1. The van der Waals surface area contributed by atoms with E-state index in [-0.39, 0.29) is 17.7 Å². The van der Waals surface area contributed by atoms with Crippen LogP contribution in [0.5, 0.6) is 0 Å². The molecule has 2 rings (SSSR count). The summed E-state index contributed by atoms with van der Waals surface area (Å²) < 4.78 is 51.3. The zero-order chi connectivity index (χ0) is 18.1. The number of aromatic amines is 1. The van der Waals surface area contributed by atoms with Crippen molar-refractivity contribution >= 4 is 5.91 Å². The van der Waals surface area contributed by atoms with E-state index in [4.69, 9.17) is 0 Å². The fourth-order valence-electron chi connectivity index (χ4n) is 2.32. The maximum atomic E-state index is 13.3. The normalized spacial score (nSPS) is 11.4. The van der Waals surface area contributed by atoms with Crippen molar-refractivity contribution in [2.45, 2.75) is 26.6 Å². The first kappa shape index (κ1) is 17.7. The van der Waals surface area contributed by atoms with E-state index in [1.807, 2.05) is 0 Å². The Bertz CT molecular complexity index is 841. The fraction of sp³-hybridized carbons (Fsp3) is 0.250. The van der Waals surface area contributed by atoms with Crippen LogP contribution < -0.4 is 10.9 Å². The van der Waals surface area contributed by atoms with Gasteiger partial charge in [0.05, 0.1) is 5.56 Å². The van der Waals surface area contributed by atoms with Crippen molar-refractivity contribution in [1.82, 2.24) is 10.3 Å². The molecule has 0 saturated carbocycles. The topological polar surface area (TPSA) is 62.0 Å². The van der Waals surface area contributed by atoms with Crippen LogP contribution >= 0.6 is 0 Å². The molecule has 1 aromatic heterocycles. The Hall–Kier alpha value is -2.64. The number of carbonyl (C=O) groups excluding carboxylic acids is 1. The molecule has 0 bridgehead atoms. The number of nitrogens with one attached hydrogen (secondary N) is 2. The number of alkyl halides is 3. The largest absolute Gasteiger partial charge is 0.416 e. The van der Waals surface area contributed by atoms with Crippen molar-refractivity contribution in [3.05, 3.63) is 68.4 Å². The number of rotatable bonds is 3. The van der Waals surface area contributed by atoms with Crippen molar-refractivity contribution in [2.24, 2.45) is 0 Å². The van der Waals surface area contributed by atoms with Gasteiger partial charge in [-0.15, -0.1) is 0 Å². The summed E-state index contributed by atoms with van der Waals surface area (Å²) in [5, 5.41) is 2.33. The molecule has 1 heterocycles. The van der Waals surface area contributed by atoms with Crippen molar-refractivity contribution in [3.8, 4) is 0 Å². The Balaban J connectivity index is 2.21. The predicted octanol–water partition coefficient (Wildman–Crippen LogP) is 3.08. The molecule has 4 nitrogen and oxygen atoms in total. The van der Waals surface area contributed by atoms with Crippen LogP contribution in [-0.2, 0) is 12.7 Å². The van der Waals surface area contributed by atoms with E-state index in [1.165, 1.54) is 0 Å². The highest BCUT2D eigenvalue weighted by atomic mass is 19.4. The van der Waals surface area contributed by atoms with E-state index in [1.54, 1.807) is 19.9 Å². The van der Waals surface area contributed by atoms with Gasteiger partial charge >= 0.3 is 6.18 Å². The lowest BCUT2D eigenvalue weighted by Gasteiger charge is -2.11. The Morgan fingerprint density at radius 3 is 2.42 bits per heavy atom. The Morgan fingerprint density at radius 2 is 1.83 bits per heavy atom. The van der Waals surface area contributed by atoms with Gasteiger partial charge in [-0.05, 0) is 49.2 Å². The maximum Gasteiger partial charge on any atom is 0.416 e. The molecule has 0 aliphatic rings. The molecule has 0 aliphatic heterocycles. The number of aromatic nitrogens is 1. The summed E-state index contributed by atoms with van der Waals surface area (Å²) in [4.78, 5) is 26.4. The molecule has 0 spiro atoms. The predicted molar refractivity (Wildman–Crippen MR) is 79.1 cm³/mol.